The summed E-state index contributed by atoms with van der Waals surface area (Å²) < 4.78 is 0. The molecule has 1 heterocycles. The normalized spacial score (nSPS) is 21.9. The first-order valence-corrected chi connectivity index (χ1v) is 7.13. The first-order valence-electron chi connectivity index (χ1n) is 6.68. The lowest BCUT2D eigenvalue weighted by Crippen LogP contribution is -2.40. The third-order valence-electron chi connectivity index (χ3n) is 3.99. The molecular formula is C15H20N2O2S. The van der Waals surface area contributed by atoms with Crippen molar-refractivity contribution in [2.45, 2.75) is 25.2 Å². The van der Waals surface area contributed by atoms with E-state index in [1.54, 1.807) is 18.0 Å². The van der Waals surface area contributed by atoms with Gasteiger partial charge in [-0.3, -0.25) is 9.59 Å². The van der Waals surface area contributed by atoms with E-state index in [0.29, 0.717) is 25.1 Å². The predicted octanol–water partition coefficient (Wildman–Crippen LogP) is 1.88. The number of hydrogen-bond donors (Lipinski definition) is 2. The largest absolute Gasteiger partial charge is 0.359 e. The molecule has 0 radical (unpaired) electrons. The lowest BCUT2D eigenvalue weighted by atomic mass is 9.89. The van der Waals surface area contributed by atoms with Crippen molar-refractivity contribution in [1.29, 1.82) is 0 Å². The number of aryl methyl sites for hydroxylation is 1. The summed E-state index contributed by atoms with van der Waals surface area (Å²) in [6, 6.07) is 5.55. The molecule has 1 atom stereocenters. The van der Waals surface area contributed by atoms with Crippen LogP contribution in [-0.2, 0) is 4.79 Å². The molecule has 1 N–H and O–H groups in total. The smallest absolute Gasteiger partial charge is 0.254 e. The van der Waals surface area contributed by atoms with Crippen molar-refractivity contribution in [3.05, 3.63) is 29.3 Å². The fourth-order valence-electron chi connectivity index (χ4n) is 2.63. The Morgan fingerprint density at radius 1 is 1.40 bits per heavy atom. The van der Waals surface area contributed by atoms with Crippen LogP contribution in [0.1, 0.15) is 29.3 Å². The first kappa shape index (κ1) is 14.9. The second-order valence-corrected chi connectivity index (χ2v) is 6.13. The quantitative estimate of drug-likeness (QED) is 0.818. The van der Waals surface area contributed by atoms with Gasteiger partial charge in [-0.05, 0) is 38.0 Å². The van der Waals surface area contributed by atoms with E-state index < -0.39 is 5.41 Å². The van der Waals surface area contributed by atoms with E-state index in [4.69, 9.17) is 0 Å². The Balaban J connectivity index is 2.20. The highest BCUT2D eigenvalue weighted by Gasteiger charge is 2.41. The van der Waals surface area contributed by atoms with Gasteiger partial charge in [0.2, 0.25) is 5.91 Å². The van der Waals surface area contributed by atoms with Crippen LogP contribution in [0.2, 0.25) is 0 Å². The zero-order valence-electron chi connectivity index (χ0n) is 12.1. The molecule has 1 aromatic carbocycles. The number of carbonyl (C=O) groups excluding carboxylic acids is 2. The molecule has 1 unspecified atom stereocenters. The van der Waals surface area contributed by atoms with E-state index in [9.17, 15) is 9.59 Å². The van der Waals surface area contributed by atoms with Crippen LogP contribution in [0.15, 0.2) is 23.1 Å². The Bertz CT molecular complexity index is 559. The molecule has 5 heteroatoms. The summed E-state index contributed by atoms with van der Waals surface area (Å²) in [7, 11) is 1.63. The van der Waals surface area contributed by atoms with E-state index in [0.717, 1.165) is 10.5 Å². The minimum absolute atomic E-state index is 0.00697. The molecule has 0 saturated carbocycles. The third kappa shape index (κ3) is 2.68. The molecular weight excluding hydrogens is 272 g/mol. The minimum Gasteiger partial charge on any atom is -0.359 e. The number of rotatable bonds is 2. The number of hydrogen-bond acceptors (Lipinski definition) is 3. The summed E-state index contributed by atoms with van der Waals surface area (Å²) in [6.07, 6.45) is 0.692. The zero-order valence-corrected chi connectivity index (χ0v) is 13.0. The van der Waals surface area contributed by atoms with Crippen LogP contribution in [0.4, 0.5) is 0 Å². The lowest BCUT2D eigenvalue weighted by Gasteiger charge is -2.23. The molecule has 1 aliphatic rings. The molecule has 1 aliphatic heterocycles. The van der Waals surface area contributed by atoms with Crippen LogP contribution in [0.5, 0.6) is 0 Å². The van der Waals surface area contributed by atoms with Crippen LogP contribution in [0.25, 0.3) is 0 Å². The van der Waals surface area contributed by atoms with E-state index in [1.807, 2.05) is 26.0 Å². The number of benzene rings is 1. The summed E-state index contributed by atoms with van der Waals surface area (Å²) in [5.74, 6) is -0.0292. The Labute approximate surface area is 124 Å². The molecule has 0 spiro atoms. The Morgan fingerprint density at radius 2 is 2.10 bits per heavy atom. The molecule has 0 aromatic heterocycles. The molecule has 1 aromatic rings. The summed E-state index contributed by atoms with van der Waals surface area (Å²) in [4.78, 5) is 27.0. The van der Waals surface area contributed by atoms with Crippen molar-refractivity contribution in [3.8, 4) is 0 Å². The van der Waals surface area contributed by atoms with E-state index in [-0.39, 0.29) is 11.8 Å². The number of likely N-dealkylation sites (tertiary alicyclic amines) is 1. The van der Waals surface area contributed by atoms with Crippen LogP contribution in [0, 0.1) is 12.3 Å². The number of thiol groups is 1. The lowest BCUT2D eigenvalue weighted by molar-refractivity contribution is -0.128. The van der Waals surface area contributed by atoms with Gasteiger partial charge in [-0.25, -0.2) is 0 Å². The monoisotopic (exact) mass is 292 g/mol. The van der Waals surface area contributed by atoms with Crippen molar-refractivity contribution in [1.82, 2.24) is 10.2 Å². The predicted molar refractivity (Wildman–Crippen MR) is 81.1 cm³/mol. The standard InChI is InChI=1S/C15H20N2O2S/c1-10-4-5-11(20)8-12(10)13(18)17-7-6-15(2,9-17)14(19)16-3/h4-5,8,20H,6-7,9H2,1-3H3,(H,16,19). The summed E-state index contributed by atoms with van der Waals surface area (Å²) in [5.41, 5.74) is 1.11. The average molecular weight is 292 g/mol. The second-order valence-electron chi connectivity index (χ2n) is 5.62. The molecule has 2 rings (SSSR count). The Hall–Kier alpha value is -1.49. The van der Waals surface area contributed by atoms with Gasteiger partial charge < -0.3 is 10.2 Å². The molecule has 2 amide bonds. The zero-order chi connectivity index (χ0) is 14.9. The fraction of sp³-hybridized carbons (Fsp3) is 0.467. The maximum atomic E-state index is 12.6. The topological polar surface area (TPSA) is 49.4 Å². The van der Waals surface area contributed by atoms with Crippen molar-refractivity contribution in [2.24, 2.45) is 5.41 Å². The molecule has 1 saturated heterocycles. The maximum absolute atomic E-state index is 12.6. The molecule has 0 bridgehead atoms. The van der Waals surface area contributed by atoms with Crippen LogP contribution < -0.4 is 5.32 Å². The molecule has 108 valence electrons. The van der Waals surface area contributed by atoms with Gasteiger partial charge in [0, 0.05) is 30.6 Å². The Kier molecular flexibility index (Phi) is 4.09. The van der Waals surface area contributed by atoms with Gasteiger partial charge in [-0.1, -0.05) is 6.07 Å². The van der Waals surface area contributed by atoms with Crippen molar-refractivity contribution in [3.63, 3.8) is 0 Å². The van der Waals surface area contributed by atoms with E-state index >= 15 is 0 Å². The summed E-state index contributed by atoms with van der Waals surface area (Å²) in [5, 5.41) is 2.68. The SMILES string of the molecule is CNC(=O)C1(C)CCN(C(=O)c2cc(S)ccc2C)C1. The molecule has 0 aliphatic carbocycles. The highest BCUT2D eigenvalue weighted by molar-refractivity contribution is 7.80. The van der Waals surface area contributed by atoms with Crippen LogP contribution >= 0.6 is 12.6 Å². The highest BCUT2D eigenvalue weighted by atomic mass is 32.1. The van der Waals surface area contributed by atoms with Gasteiger partial charge in [0.05, 0.1) is 5.41 Å². The van der Waals surface area contributed by atoms with Crippen molar-refractivity contribution >= 4 is 24.4 Å². The van der Waals surface area contributed by atoms with Crippen molar-refractivity contribution < 1.29 is 9.59 Å². The van der Waals surface area contributed by atoms with Gasteiger partial charge in [-0.2, -0.15) is 0 Å². The Morgan fingerprint density at radius 3 is 2.75 bits per heavy atom. The van der Waals surface area contributed by atoms with Crippen LogP contribution in [-0.4, -0.2) is 36.9 Å². The minimum atomic E-state index is -0.489. The molecule has 1 fully saturated rings. The first-order chi connectivity index (χ1) is 9.37. The van der Waals surface area contributed by atoms with Crippen molar-refractivity contribution in [2.75, 3.05) is 20.1 Å². The van der Waals surface area contributed by atoms with Crippen LogP contribution in [0.3, 0.4) is 0 Å². The van der Waals surface area contributed by atoms with Gasteiger partial charge in [0.15, 0.2) is 0 Å². The number of amides is 2. The molecule has 4 nitrogen and oxygen atoms in total. The van der Waals surface area contributed by atoms with Gasteiger partial charge >= 0.3 is 0 Å². The highest BCUT2D eigenvalue weighted by Crippen LogP contribution is 2.31. The summed E-state index contributed by atoms with van der Waals surface area (Å²) >= 11 is 4.29. The number of carbonyl (C=O) groups is 2. The molecule has 20 heavy (non-hydrogen) atoms. The van der Waals surface area contributed by atoms with Gasteiger partial charge in [0.1, 0.15) is 0 Å². The summed E-state index contributed by atoms with van der Waals surface area (Å²) in [6.45, 7) is 4.89. The van der Waals surface area contributed by atoms with E-state index in [1.165, 1.54) is 0 Å². The van der Waals surface area contributed by atoms with E-state index in [2.05, 4.69) is 17.9 Å². The van der Waals surface area contributed by atoms with Gasteiger partial charge in [0.25, 0.3) is 5.91 Å². The third-order valence-corrected chi connectivity index (χ3v) is 4.27. The second kappa shape index (κ2) is 5.48. The number of nitrogens with one attached hydrogen (secondary N) is 1. The maximum Gasteiger partial charge on any atom is 0.254 e. The number of nitrogens with zero attached hydrogens (tertiary/aromatic N) is 1. The van der Waals surface area contributed by atoms with Gasteiger partial charge in [-0.15, -0.1) is 12.6 Å². The average Bonchev–Trinajstić information content (AvgIpc) is 2.83. The fourth-order valence-corrected chi connectivity index (χ4v) is 2.84.